The van der Waals surface area contributed by atoms with Crippen LogP contribution in [0.25, 0.3) is 0 Å². The standard InChI is InChI=1S/C9H14F5N/c1-6(2)7-3-15(4-8(7,10)11)5-9(12,13)14/h6-7H,3-5H2,1-2H3. The van der Waals surface area contributed by atoms with Crippen molar-refractivity contribution in [3.8, 4) is 0 Å². The molecule has 15 heavy (non-hydrogen) atoms. The van der Waals surface area contributed by atoms with Crippen LogP contribution >= 0.6 is 0 Å². The largest absolute Gasteiger partial charge is 0.401 e. The van der Waals surface area contributed by atoms with E-state index in [1.807, 2.05) is 0 Å². The van der Waals surface area contributed by atoms with Crippen molar-refractivity contribution in [3.05, 3.63) is 0 Å². The maximum Gasteiger partial charge on any atom is 0.401 e. The number of hydrogen-bond acceptors (Lipinski definition) is 1. The van der Waals surface area contributed by atoms with Crippen LogP contribution in [-0.2, 0) is 0 Å². The summed E-state index contributed by atoms with van der Waals surface area (Å²) >= 11 is 0. The van der Waals surface area contributed by atoms with Crippen LogP contribution in [-0.4, -0.2) is 36.6 Å². The van der Waals surface area contributed by atoms with Crippen molar-refractivity contribution in [1.29, 1.82) is 0 Å². The number of nitrogens with zero attached hydrogens (tertiary/aromatic N) is 1. The predicted molar refractivity (Wildman–Crippen MR) is 45.8 cm³/mol. The van der Waals surface area contributed by atoms with Crippen molar-refractivity contribution in [2.24, 2.45) is 11.8 Å². The Kier molecular flexibility index (Phi) is 3.28. The van der Waals surface area contributed by atoms with E-state index in [0.717, 1.165) is 4.90 Å². The maximum atomic E-state index is 13.3. The van der Waals surface area contributed by atoms with Crippen LogP contribution in [0.2, 0.25) is 0 Å². The van der Waals surface area contributed by atoms with E-state index in [4.69, 9.17) is 0 Å². The molecule has 1 aliphatic rings. The van der Waals surface area contributed by atoms with Gasteiger partial charge in [-0.2, -0.15) is 13.2 Å². The lowest BCUT2D eigenvalue weighted by Gasteiger charge is -2.20. The highest BCUT2D eigenvalue weighted by Gasteiger charge is 2.51. The number of hydrogen-bond donors (Lipinski definition) is 0. The fourth-order valence-electron chi connectivity index (χ4n) is 1.96. The normalized spacial score (nSPS) is 27.6. The van der Waals surface area contributed by atoms with E-state index in [9.17, 15) is 22.0 Å². The Labute approximate surface area is 85.2 Å². The fourth-order valence-corrected chi connectivity index (χ4v) is 1.96. The highest BCUT2D eigenvalue weighted by Crippen LogP contribution is 2.38. The van der Waals surface area contributed by atoms with Gasteiger partial charge in [0.25, 0.3) is 5.92 Å². The zero-order valence-electron chi connectivity index (χ0n) is 8.61. The topological polar surface area (TPSA) is 3.24 Å². The van der Waals surface area contributed by atoms with Crippen LogP contribution in [0.3, 0.4) is 0 Å². The summed E-state index contributed by atoms with van der Waals surface area (Å²) in [4.78, 5) is 0.782. The molecule has 1 atom stereocenters. The van der Waals surface area contributed by atoms with Crippen molar-refractivity contribution in [2.45, 2.75) is 25.9 Å². The minimum atomic E-state index is -4.40. The zero-order chi connectivity index (χ0) is 11.9. The van der Waals surface area contributed by atoms with E-state index in [-0.39, 0.29) is 12.5 Å². The Balaban J connectivity index is 2.62. The van der Waals surface area contributed by atoms with Gasteiger partial charge in [0.15, 0.2) is 0 Å². The number of rotatable bonds is 2. The smallest absolute Gasteiger partial charge is 0.289 e. The first-order valence-electron chi connectivity index (χ1n) is 4.79. The van der Waals surface area contributed by atoms with E-state index in [1.165, 1.54) is 0 Å². The Morgan fingerprint density at radius 2 is 1.87 bits per heavy atom. The molecule has 0 spiro atoms. The van der Waals surface area contributed by atoms with Crippen molar-refractivity contribution in [3.63, 3.8) is 0 Å². The molecule has 1 fully saturated rings. The first kappa shape index (κ1) is 12.7. The maximum absolute atomic E-state index is 13.3. The minimum Gasteiger partial charge on any atom is -0.289 e. The van der Waals surface area contributed by atoms with E-state index in [2.05, 4.69) is 0 Å². The van der Waals surface area contributed by atoms with Crippen LogP contribution < -0.4 is 0 Å². The monoisotopic (exact) mass is 231 g/mol. The fraction of sp³-hybridized carbons (Fsp3) is 1.00. The van der Waals surface area contributed by atoms with Gasteiger partial charge >= 0.3 is 6.18 Å². The first-order chi connectivity index (χ1) is 6.62. The summed E-state index contributed by atoms with van der Waals surface area (Å²) in [6, 6.07) is 0. The van der Waals surface area contributed by atoms with Gasteiger partial charge in [-0.05, 0) is 5.92 Å². The van der Waals surface area contributed by atoms with Crippen LogP contribution in [0.4, 0.5) is 22.0 Å². The van der Waals surface area contributed by atoms with Gasteiger partial charge in [0.2, 0.25) is 0 Å². The lowest BCUT2D eigenvalue weighted by Crippen LogP contribution is -2.34. The molecular weight excluding hydrogens is 217 g/mol. The summed E-state index contributed by atoms with van der Waals surface area (Å²) < 4.78 is 62.6. The summed E-state index contributed by atoms with van der Waals surface area (Å²) in [5, 5.41) is 0. The quantitative estimate of drug-likeness (QED) is 0.660. The van der Waals surface area contributed by atoms with Gasteiger partial charge in [-0.3, -0.25) is 4.90 Å². The van der Waals surface area contributed by atoms with Crippen molar-refractivity contribution in [2.75, 3.05) is 19.6 Å². The second-order valence-corrected chi connectivity index (χ2v) is 4.40. The lowest BCUT2D eigenvalue weighted by atomic mass is 9.92. The van der Waals surface area contributed by atoms with Gasteiger partial charge in [0.1, 0.15) is 0 Å². The minimum absolute atomic E-state index is 0.176. The van der Waals surface area contributed by atoms with Crippen molar-refractivity contribution in [1.82, 2.24) is 4.90 Å². The van der Waals surface area contributed by atoms with Crippen molar-refractivity contribution < 1.29 is 22.0 Å². The average Bonchev–Trinajstić information content (AvgIpc) is 2.20. The number of likely N-dealkylation sites (tertiary alicyclic amines) is 1. The molecular formula is C9H14F5N. The van der Waals surface area contributed by atoms with Gasteiger partial charge in [-0.25, -0.2) is 8.78 Å². The van der Waals surface area contributed by atoms with Gasteiger partial charge in [-0.15, -0.1) is 0 Å². The second-order valence-electron chi connectivity index (χ2n) is 4.40. The summed E-state index contributed by atoms with van der Waals surface area (Å²) in [6.07, 6.45) is -4.40. The Morgan fingerprint density at radius 3 is 2.20 bits per heavy atom. The summed E-state index contributed by atoms with van der Waals surface area (Å²) in [5.41, 5.74) is 0. The molecule has 0 amide bonds. The van der Waals surface area contributed by atoms with E-state index in [1.54, 1.807) is 13.8 Å². The molecule has 0 aliphatic carbocycles. The molecule has 6 heteroatoms. The third kappa shape index (κ3) is 3.29. The molecule has 90 valence electrons. The van der Waals surface area contributed by atoms with Gasteiger partial charge in [0.05, 0.1) is 13.1 Å². The van der Waals surface area contributed by atoms with Crippen LogP contribution in [0, 0.1) is 11.8 Å². The Bertz CT molecular complexity index is 223. The Morgan fingerprint density at radius 1 is 1.33 bits per heavy atom. The average molecular weight is 231 g/mol. The molecule has 1 heterocycles. The predicted octanol–water partition coefficient (Wildman–Crippen LogP) is 2.77. The summed E-state index contributed by atoms with van der Waals surface area (Å²) in [7, 11) is 0. The molecule has 0 N–H and O–H groups in total. The molecule has 1 rings (SSSR count). The first-order valence-corrected chi connectivity index (χ1v) is 4.79. The molecule has 1 aliphatic heterocycles. The SMILES string of the molecule is CC(C)C1CN(CC(F)(F)F)CC1(F)F. The third-order valence-electron chi connectivity index (χ3n) is 2.64. The lowest BCUT2D eigenvalue weighted by molar-refractivity contribution is -0.145. The zero-order valence-corrected chi connectivity index (χ0v) is 8.61. The molecule has 0 aromatic heterocycles. The van der Waals surface area contributed by atoms with E-state index >= 15 is 0 Å². The molecule has 0 saturated carbocycles. The highest BCUT2D eigenvalue weighted by atomic mass is 19.4. The van der Waals surface area contributed by atoms with Gasteiger partial charge < -0.3 is 0 Å². The van der Waals surface area contributed by atoms with Crippen LogP contribution in [0.5, 0.6) is 0 Å². The van der Waals surface area contributed by atoms with Gasteiger partial charge in [-0.1, -0.05) is 13.8 Å². The van der Waals surface area contributed by atoms with Crippen LogP contribution in [0.15, 0.2) is 0 Å². The molecule has 0 aromatic carbocycles. The summed E-state index contributed by atoms with van der Waals surface area (Å²) in [5.74, 6) is -4.28. The molecule has 1 nitrogen and oxygen atoms in total. The van der Waals surface area contributed by atoms with Crippen molar-refractivity contribution >= 4 is 0 Å². The molecule has 0 aromatic rings. The second kappa shape index (κ2) is 3.88. The highest BCUT2D eigenvalue weighted by molar-refractivity contribution is 4.92. The Hall–Kier alpha value is -0.390. The molecule has 0 radical (unpaired) electrons. The van der Waals surface area contributed by atoms with E-state index in [0.29, 0.717) is 0 Å². The van der Waals surface area contributed by atoms with Gasteiger partial charge in [0, 0.05) is 12.5 Å². The molecule has 0 bridgehead atoms. The molecule has 1 unspecified atom stereocenters. The van der Waals surface area contributed by atoms with Crippen LogP contribution in [0.1, 0.15) is 13.8 Å². The number of alkyl halides is 5. The summed E-state index contributed by atoms with van der Waals surface area (Å²) in [6.45, 7) is 1.01. The van der Waals surface area contributed by atoms with E-state index < -0.39 is 31.1 Å². The number of halogens is 5. The molecule has 1 saturated heterocycles. The third-order valence-corrected chi connectivity index (χ3v) is 2.64.